The van der Waals surface area contributed by atoms with Crippen LogP contribution in [0, 0.1) is 22.7 Å². The van der Waals surface area contributed by atoms with E-state index in [4.69, 9.17) is 14.2 Å². The summed E-state index contributed by atoms with van der Waals surface area (Å²) in [6, 6.07) is 0. The summed E-state index contributed by atoms with van der Waals surface area (Å²) in [4.78, 5) is 48.2. The van der Waals surface area contributed by atoms with Crippen molar-refractivity contribution < 1.29 is 33.4 Å². The Bertz CT molecular complexity index is 781. The molecule has 0 radical (unpaired) electrons. The van der Waals surface area contributed by atoms with Crippen LogP contribution in [0.4, 0.5) is 0 Å². The molecule has 0 aromatic rings. The van der Waals surface area contributed by atoms with E-state index in [0.29, 0.717) is 12.0 Å². The molecule has 4 rings (SSSR count). The van der Waals surface area contributed by atoms with E-state index in [1.165, 1.54) is 13.8 Å². The van der Waals surface area contributed by atoms with Gasteiger partial charge in [0.1, 0.15) is 24.6 Å². The molecule has 3 fully saturated rings. The summed E-state index contributed by atoms with van der Waals surface area (Å²) in [6.07, 6.45) is -0.211. The Morgan fingerprint density at radius 3 is 2.46 bits per heavy atom. The van der Waals surface area contributed by atoms with Crippen LogP contribution in [0.25, 0.3) is 0 Å². The fourth-order valence-corrected chi connectivity index (χ4v) is 5.58. The standard InChI is InChI=1S/C19H22O7/c1-8(20)24-7-10-13-12(25-9(2)21)6-19(4)15(14(13)26-17(10)23)18(3)5-11(18)16(19)22/h11-12,14-15H,5-7H2,1-4H3/t11-,12+,14-,15+,18-,19+/m1/s1. The van der Waals surface area contributed by atoms with Crippen molar-refractivity contribution in [3.8, 4) is 0 Å². The highest BCUT2D eigenvalue weighted by Gasteiger charge is 2.77. The van der Waals surface area contributed by atoms with Gasteiger partial charge >= 0.3 is 17.9 Å². The molecule has 7 nitrogen and oxygen atoms in total. The summed E-state index contributed by atoms with van der Waals surface area (Å²) < 4.78 is 16.2. The number of fused-ring (bicyclic) bond motifs is 5. The smallest absolute Gasteiger partial charge is 0.338 e. The Kier molecular flexibility index (Phi) is 3.43. The Labute approximate surface area is 151 Å². The van der Waals surface area contributed by atoms with Crippen LogP contribution in [0.3, 0.4) is 0 Å². The van der Waals surface area contributed by atoms with Gasteiger partial charge in [-0.05, 0) is 11.8 Å². The summed E-state index contributed by atoms with van der Waals surface area (Å²) in [6.45, 7) is 6.30. The van der Waals surface area contributed by atoms with Gasteiger partial charge in [-0.25, -0.2) is 4.79 Å². The molecular formula is C19H22O7. The lowest BCUT2D eigenvalue weighted by molar-refractivity contribution is -0.158. The van der Waals surface area contributed by atoms with E-state index in [-0.39, 0.29) is 35.2 Å². The van der Waals surface area contributed by atoms with Gasteiger partial charge < -0.3 is 14.2 Å². The van der Waals surface area contributed by atoms with E-state index < -0.39 is 35.5 Å². The van der Waals surface area contributed by atoms with Gasteiger partial charge in [-0.1, -0.05) is 13.8 Å². The topological polar surface area (TPSA) is 96.0 Å². The molecule has 0 aromatic heterocycles. The van der Waals surface area contributed by atoms with Crippen molar-refractivity contribution in [3.63, 3.8) is 0 Å². The zero-order valence-electron chi connectivity index (χ0n) is 15.3. The maximum atomic E-state index is 12.9. The molecule has 0 saturated heterocycles. The minimum atomic E-state index is -0.721. The molecule has 0 aromatic carbocycles. The van der Waals surface area contributed by atoms with Crippen molar-refractivity contribution in [3.05, 3.63) is 11.1 Å². The molecule has 26 heavy (non-hydrogen) atoms. The summed E-state index contributed by atoms with van der Waals surface area (Å²) >= 11 is 0. The number of carbonyl (C=O) groups is 4. The van der Waals surface area contributed by atoms with Crippen molar-refractivity contribution in [2.45, 2.75) is 52.7 Å². The summed E-state index contributed by atoms with van der Waals surface area (Å²) in [5.74, 6) is -1.56. The molecule has 7 heteroatoms. The van der Waals surface area contributed by atoms with E-state index >= 15 is 0 Å². The highest BCUT2D eigenvalue weighted by atomic mass is 16.6. The lowest BCUT2D eigenvalue weighted by atomic mass is 9.60. The Hall–Kier alpha value is -2.18. The van der Waals surface area contributed by atoms with Crippen LogP contribution >= 0.6 is 0 Å². The van der Waals surface area contributed by atoms with E-state index in [9.17, 15) is 19.2 Å². The monoisotopic (exact) mass is 362 g/mol. The fourth-order valence-electron chi connectivity index (χ4n) is 5.58. The van der Waals surface area contributed by atoms with Crippen LogP contribution in [0.2, 0.25) is 0 Å². The van der Waals surface area contributed by atoms with E-state index in [1.54, 1.807) is 0 Å². The second kappa shape index (κ2) is 5.18. The Morgan fingerprint density at radius 2 is 1.85 bits per heavy atom. The molecule has 0 unspecified atom stereocenters. The first kappa shape index (κ1) is 17.2. The van der Waals surface area contributed by atoms with Crippen LogP contribution in [0.5, 0.6) is 0 Å². The Balaban J connectivity index is 1.79. The zero-order chi connectivity index (χ0) is 19.0. The highest BCUT2D eigenvalue weighted by molar-refractivity contribution is 5.97. The number of hydrogen-bond acceptors (Lipinski definition) is 7. The molecule has 1 heterocycles. The first-order chi connectivity index (χ1) is 12.1. The van der Waals surface area contributed by atoms with Gasteiger partial charge in [0.25, 0.3) is 0 Å². The second-order valence-electron chi connectivity index (χ2n) is 8.36. The third-order valence-corrected chi connectivity index (χ3v) is 6.68. The van der Waals surface area contributed by atoms with E-state index in [0.717, 1.165) is 6.42 Å². The highest BCUT2D eigenvalue weighted by Crippen LogP contribution is 2.74. The lowest BCUT2D eigenvalue weighted by Crippen LogP contribution is -2.51. The first-order valence-electron chi connectivity index (χ1n) is 8.88. The van der Waals surface area contributed by atoms with Crippen molar-refractivity contribution in [1.82, 2.24) is 0 Å². The van der Waals surface area contributed by atoms with Crippen LogP contribution < -0.4 is 0 Å². The van der Waals surface area contributed by atoms with Gasteiger partial charge in [0.05, 0.1) is 5.57 Å². The first-order valence-corrected chi connectivity index (χ1v) is 8.88. The van der Waals surface area contributed by atoms with Gasteiger partial charge in [0.15, 0.2) is 0 Å². The predicted octanol–water partition coefficient (Wildman–Crippen LogP) is 1.34. The predicted molar refractivity (Wildman–Crippen MR) is 86.5 cm³/mol. The van der Waals surface area contributed by atoms with E-state index in [1.807, 2.05) is 6.92 Å². The average molecular weight is 362 g/mol. The molecule has 0 bridgehead atoms. The van der Waals surface area contributed by atoms with Gasteiger partial charge in [0.2, 0.25) is 0 Å². The number of ether oxygens (including phenoxy) is 3. The maximum absolute atomic E-state index is 12.9. The second-order valence-corrected chi connectivity index (χ2v) is 8.36. The molecule has 1 aliphatic heterocycles. The van der Waals surface area contributed by atoms with Crippen LogP contribution in [-0.2, 0) is 33.4 Å². The lowest BCUT2D eigenvalue weighted by Gasteiger charge is -2.46. The van der Waals surface area contributed by atoms with Crippen LogP contribution in [-0.4, -0.2) is 42.5 Å². The Morgan fingerprint density at radius 1 is 1.15 bits per heavy atom. The van der Waals surface area contributed by atoms with Gasteiger partial charge in [-0.2, -0.15) is 0 Å². The van der Waals surface area contributed by atoms with Crippen molar-refractivity contribution >= 4 is 23.7 Å². The minimum absolute atomic E-state index is 0.0222. The molecular weight excluding hydrogens is 340 g/mol. The molecule has 3 aliphatic carbocycles. The fraction of sp³-hybridized carbons (Fsp3) is 0.684. The molecule has 140 valence electrons. The van der Waals surface area contributed by atoms with Crippen molar-refractivity contribution in [2.75, 3.05) is 6.61 Å². The summed E-state index contributed by atoms with van der Waals surface area (Å²) in [5.41, 5.74) is -0.0856. The molecule has 0 N–H and O–H groups in total. The number of rotatable bonds is 3. The normalized spacial score (nSPS) is 42.6. The SMILES string of the molecule is CC(=O)OCC1=C2[C@@H](OC(C)=O)C[C@]3(C)C(=O)[C@H]4C[C@@]4(C)[C@@H]3[C@@H]2OC1=O. The number of hydrogen-bond donors (Lipinski definition) is 0. The van der Waals surface area contributed by atoms with E-state index in [2.05, 4.69) is 6.92 Å². The third-order valence-electron chi connectivity index (χ3n) is 6.68. The quantitative estimate of drug-likeness (QED) is 0.552. The summed E-state index contributed by atoms with van der Waals surface area (Å²) in [7, 11) is 0. The molecule has 0 amide bonds. The summed E-state index contributed by atoms with van der Waals surface area (Å²) in [5, 5.41) is 0. The largest absolute Gasteiger partial charge is 0.461 e. The van der Waals surface area contributed by atoms with Crippen molar-refractivity contribution in [1.29, 1.82) is 0 Å². The zero-order valence-corrected chi connectivity index (χ0v) is 15.3. The number of ketones is 1. The molecule has 3 saturated carbocycles. The maximum Gasteiger partial charge on any atom is 0.338 e. The van der Waals surface area contributed by atoms with Gasteiger partial charge in [-0.3, -0.25) is 14.4 Å². The molecule has 6 atom stereocenters. The number of esters is 3. The minimum Gasteiger partial charge on any atom is -0.461 e. The third kappa shape index (κ3) is 2.12. The average Bonchev–Trinajstić information content (AvgIpc) is 3.02. The van der Waals surface area contributed by atoms with Crippen molar-refractivity contribution in [2.24, 2.45) is 22.7 Å². The number of carbonyl (C=O) groups excluding carboxylic acids is 4. The van der Waals surface area contributed by atoms with Gasteiger partial charge in [-0.15, -0.1) is 0 Å². The number of Topliss-reactive ketones (excluding diaryl/α,β-unsaturated/α-hetero) is 1. The van der Waals surface area contributed by atoms with Crippen LogP contribution in [0.1, 0.15) is 40.5 Å². The molecule has 0 spiro atoms. The van der Waals surface area contributed by atoms with Crippen LogP contribution in [0.15, 0.2) is 11.1 Å². The van der Waals surface area contributed by atoms with Gasteiger partial charge in [0, 0.05) is 43.1 Å². The molecule has 4 aliphatic rings.